The molecule has 0 aliphatic heterocycles. The van der Waals surface area contributed by atoms with Crippen molar-refractivity contribution in [3.05, 3.63) is 27.7 Å². The molecule has 22 heavy (non-hydrogen) atoms. The highest BCUT2D eigenvalue weighted by molar-refractivity contribution is 9.10. The van der Waals surface area contributed by atoms with Gasteiger partial charge in [0.25, 0.3) is 0 Å². The van der Waals surface area contributed by atoms with Crippen molar-refractivity contribution in [2.75, 3.05) is 18.8 Å². The largest absolute Gasteiger partial charge is 0.354 e. The minimum Gasteiger partial charge on any atom is -0.354 e. The zero-order chi connectivity index (χ0) is 16.7. The molecule has 1 rings (SSSR count). The molecule has 0 saturated heterocycles. The van der Waals surface area contributed by atoms with Crippen LogP contribution in [-0.2, 0) is 9.59 Å². The molecule has 1 aromatic rings. The van der Waals surface area contributed by atoms with Gasteiger partial charge in [-0.15, -0.1) is 11.8 Å². The lowest BCUT2D eigenvalue weighted by Gasteiger charge is -2.10. The number of amides is 2. The summed E-state index contributed by atoms with van der Waals surface area (Å²) in [6.45, 7) is 8.66. The lowest BCUT2D eigenvalue weighted by Crippen LogP contribution is -2.36. The molecule has 0 aliphatic rings. The molecule has 0 heterocycles. The van der Waals surface area contributed by atoms with Gasteiger partial charge in [0.05, 0.1) is 5.75 Å². The van der Waals surface area contributed by atoms with Crippen LogP contribution in [0.5, 0.6) is 0 Å². The van der Waals surface area contributed by atoms with E-state index in [1.165, 1.54) is 11.8 Å². The molecule has 1 aromatic carbocycles. The van der Waals surface area contributed by atoms with Gasteiger partial charge >= 0.3 is 0 Å². The number of carbonyl (C=O) groups excluding carboxylic acids is 2. The van der Waals surface area contributed by atoms with Gasteiger partial charge in [-0.2, -0.15) is 0 Å². The van der Waals surface area contributed by atoms with Gasteiger partial charge in [0, 0.05) is 28.4 Å². The molecule has 0 bridgehead atoms. The molecule has 6 heteroatoms. The summed E-state index contributed by atoms with van der Waals surface area (Å²) in [6.07, 6.45) is 0. The maximum Gasteiger partial charge on any atom is 0.230 e. The highest BCUT2D eigenvalue weighted by atomic mass is 79.9. The van der Waals surface area contributed by atoms with E-state index in [0.29, 0.717) is 18.8 Å². The molecule has 0 aliphatic carbocycles. The van der Waals surface area contributed by atoms with Gasteiger partial charge < -0.3 is 10.6 Å². The molecule has 122 valence electrons. The second kappa shape index (κ2) is 9.20. The number of hydrogen-bond acceptors (Lipinski definition) is 3. The number of rotatable bonds is 7. The predicted molar refractivity (Wildman–Crippen MR) is 95.2 cm³/mol. The van der Waals surface area contributed by atoms with Crippen molar-refractivity contribution in [2.45, 2.75) is 32.6 Å². The maximum atomic E-state index is 11.8. The predicted octanol–water partition coefficient (Wildman–Crippen LogP) is 3.05. The van der Waals surface area contributed by atoms with Crippen LogP contribution in [0.2, 0.25) is 0 Å². The maximum absolute atomic E-state index is 11.8. The first-order valence-electron chi connectivity index (χ1n) is 7.25. The molecule has 2 amide bonds. The van der Waals surface area contributed by atoms with Crippen molar-refractivity contribution in [1.29, 1.82) is 0 Å². The molecule has 0 unspecified atom stereocenters. The minimum atomic E-state index is -0.0325. The van der Waals surface area contributed by atoms with E-state index in [0.717, 1.165) is 20.5 Å². The second-order valence-electron chi connectivity index (χ2n) is 5.45. The smallest absolute Gasteiger partial charge is 0.230 e. The fraction of sp³-hybridized carbons (Fsp3) is 0.500. The molecule has 0 spiro atoms. The van der Waals surface area contributed by atoms with Crippen molar-refractivity contribution in [3.63, 3.8) is 0 Å². The number of thioether (sulfide) groups is 1. The normalized spacial score (nSPS) is 10.6. The van der Waals surface area contributed by atoms with Crippen LogP contribution in [0.15, 0.2) is 21.5 Å². The minimum absolute atomic E-state index is 0.00425. The first-order chi connectivity index (χ1) is 10.3. The van der Waals surface area contributed by atoms with Crippen LogP contribution >= 0.6 is 27.7 Å². The Kier molecular flexibility index (Phi) is 7.96. The summed E-state index contributed by atoms with van der Waals surface area (Å²) in [7, 11) is 0. The Morgan fingerprint density at radius 2 is 1.77 bits per heavy atom. The Morgan fingerprint density at radius 3 is 2.41 bits per heavy atom. The fourth-order valence-corrected chi connectivity index (χ4v) is 3.09. The Labute approximate surface area is 144 Å². The number of carbonyl (C=O) groups is 2. The van der Waals surface area contributed by atoms with Gasteiger partial charge in [-0.25, -0.2) is 0 Å². The lowest BCUT2D eigenvalue weighted by atomic mass is 10.2. The third kappa shape index (κ3) is 6.40. The molecule has 2 N–H and O–H groups in total. The van der Waals surface area contributed by atoms with Crippen LogP contribution in [0.4, 0.5) is 0 Å². The van der Waals surface area contributed by atoms with Gasteiger partial charge in [0.2, 0.25) is 11.8 Å². The number of halogens is 1. The van der Waals surface area contributed by atoms with E-state index < -0.39 is 0 Å². The number of hydrogen-bond donors (Lipinski definition) is 2. The first kappa shape index (κ1) is 19.0. The van der Waals surface area contributed by atoms with Crippen molar-refractivity contribution in [3.8, 4) is 0 Å². The third-order valence-electron chi connectivity index (χ3n) is 3.09. The SMILES string of the molecule is Cc1cc(SCC(=O)NCCNC(=O)C(C)C)c(C)cc1Br. The van der Waals surface area contributed by atoms with Crippen LogP contribution < -0.4 is 10.6 Å². The van der Waals surface area contributed by atoms with Crippen LogP contribution in [-0.4, -0.2) is 30.7 Å². The molecular formula is C16H23BrN2O2S. The second-order valence-corrected chi connectivity index (χ2v) is 7.32. The zero-order valence-corrected chi connectivity index (χ0v) is 15.9. The van der Waals surface area contributed by atoms with Crippen molar-refractivity contribution < 1.29 is 9.59 Å². The lowest BCUT2D eigenvalue weighted by molar-refractivity contribution is -0.124. The van der Waals surface area contributed by atoms with Crippen molar-refractivity contribution in [1.82, 2.24) is 10.6 Å². The fourth-order valence-electron chi connectivity index (χ4n) is 1.70. The van der Waals surface area contributed by atoms with Gasteiger partial charge in [0.1, 0.15) is 0 Å². The Hall–Kier alpha value is -1.01. The summed E-state index contributed by atoms with van der Waals surface area (Å²) < 4.78 is 1.08. The number of benzene rings is 1. The molecular weight excluding hydrogens is 364 g/mol. The van der Waals surface area contributed by atoms with Gasteiger partial charge in [-0.3, -0.25) is 9.59 Å². The van der Waals surface area contributed by atoms with Crippen molar-refractivity contribution in [2.24, 2.45) is 5.92 Å². The zero-order valence-electron chi connectivity index (χ0n) is 13.5. The Bertz CT molecular complexity index is 547. The Morgan fingerprint density at radius 1 is 1.14 bits per heavy atom. The Balaban J connectivity index is 2.32. The molecule has 0 atom stereocenters. The van der Waals surface area contributed by atoms with Gasteiger partial charge in [-0.1, -0.05) is 29.8 Å². The molecule has 0 aromatic heterocycles. The summed E-state index contributed by atoms with van der Waals surface area (Å²) in [5.41, 5.74) is 2.31. The standard InChI is InChI=1S/C16H23BrN2O2S/c1-10(2)16(21)19-6-5-18-15(20)9-22-14-8-11(3)13(17)7-12(14)4/h7-8,10H,5-6,9H2,1-4H3,(H,18,20)(H,19,21). The molecule has 4 nitrogen and oxygen atoms in total. The van der Waals surface area contributed by atoms with E-state index in [1.807, 2.05) is 27.7 Å². The summed E-state index contributed by atoms with van der Waals surface area (Å²) >= 11 is 5.03. The summed E-state index contributed by atoms with van der Waals surface area (Å²) in [4.78, 5) is 24.3. The average Bonchev–Trinajstić information content (AvgIpc) is 2.45. The van der Waals surface area contributed by atoms with E-state index in [2.05, 4.69) is 38.7 Å². The topological polar surface area (TPSA) is 58.2 Å². The van der Waals surface area contributed by atoms with E-state index in [4.69, 9.17) is 0 Å². The van der Waals surface area contributed by atoms with Gasteiger partial charge in [-0.05, 0) is 37.1 Å². The highest BCUT2D eigenvalue weighted by Crippen LogP contribution is 2.28. The van der Waals surface area contributed by atoms with Crippen LogP contribution in [0.1, 0.15) is 25.0 Å². The highest BCUT2D eigenvalue weighted by Gasteiger charge is 2.08. The van der Waals surface area contributed by atoms with E-state index in [1.54, 1.807) is 0 Å². The molecule has 0 fully saturated rings. The number of aryl methyl sites for hydroxylation is 2. The van der Waals surface area contributed by atoms with Gasteiger partial charge in [0.15, 0.2) is 0 Å². The first-order valence-corrected chi connectivity index (χ1v) is 9.03. The van der Waals surface area contributed by atoms with Crippen LogP contribution in [0, 0.1) is 19.8 Å². The van der Waals surface area contributed by atoms with Crippen LogP contribution in [0.3, 0.4) is 0 Å². The van der Waals surface area contributed by atoms with E-state index >= 15 is 0 Å². The van der Waals surface area contributed by atoms with E-state index in [9.17, 15) is 9.59 Å². The molecule has 0 saturated carbocycles. The van der Waals surface area contributed by atoms with Crippen molar-refractivity contribution >= 4 is 39.5 Å². The van der Waals surface area contributed by atoms with E-state index in [-0.39, 0.29) is 17.7 Å². The average molecular weight is 387 g/mol. The summed E-state index contributed by atoms with van der Waals surface area (Å²) in [5.74, 6) is 0.322. The van der Waals surface area contributed by atoms with Crippen LogP contribution in [0.25, 0.3) is 0 Å². The summed E-state index contributed by atoms with van der Waals surface area (Å²) in [6, 6.07) is 4.15. The third-order valence-corrected chi connectivity index (χ3v) is 5.10. The quantitative estimate of drug-likeness (QED) is 0.559. The summed E-state index contributed by atoms with van der Waals surface area (Å²) in [5, 5.41) is 5.58. The number of nitrogens with one attached hydrogen (secondary N) is 2. The molecule has 0 radical (unpaired) electrons. The monoisotopic (exact) mass is 386 g/mol.